The highest BCUT2D eigenvalue weighted by Crippen LogP contribution is 2.19. The zero-order chi connectivity index (χ0) is 13.3. The molecule has 0 bridgehead atoms. The van der Waals surface area contributed by atoms with Crippen LogP contribution in [0.1, 0.15) is 20.3 Å². The van der Waals surface area contributed by atoms with E-state index in [-0.39, 0.29) is 11.4 Å². The van der Waals surface area contributed by atoms with E-state index in [1.54, 1.807) is 11.7 Å². The van der Waals surface area contributed by atoms with Crippen LogP contribution in [0.25, 0.3) is 11.1 Å². The molecule has 0 saturated heterocycles. The fourth-order valence-electron chi connectivity index (χ4n) is 1.73. The van der Waals surface area contributed by atoms with Crippen LogP contribution < -0.4 is 5.76 Å². The summed E-state index contributed by atoms with van der Waals surface area (Å²) < 4.78 is 13.3. The number of methoxy groups -OCH3 is 1. The lowest BCUT2D eigenvalue weighted by Crippen LogP contribution is -2.26. The van der Waals surface area contributed by atoms with Crippen molar-refractivity contribution in [3.63, 3.8) is 0 Å². The Morgan fingerprint density at radius 2 is 2.17 bits per heavy atom. The Kier molecular flexibility index (Phi) is 3.82. The van der Waals surface area contributed by atoms with Gasteiger partial charge in [0.2, 0.25) is 0 Å². The van der Waals surface area contributed by atoms with Gasteiger partial charge in [-0.25, -0.2) is 4.79 Å². The number of nitrogens with zero attached hydrogens (tertiary/aromatic N) is 1. The van der Waals surface area contributed by atoms with E-state index in [0.29, 0.717) is 12.1 Å². The highest BCUT2D eigenvalue weighted by atomic mass is 127. The van der Waals surface area contributed by atoms with Crippen molar-refractivity contribution in [2.45, 2.75) is 32.4 Å². The molecule has 0 spiro atoms. The Bertz CT molecular complexity index is 612. The highest BCUT2D eigenvalue weighted by molar-refractivity contribution is 14.1. The first-order valence-electron chi connectivity index (χ1n) is 5.77. The molecule has 18 heavy (non-hydrogen) atoms. The summed E-state index contributed by atoms with van der Waals surface area (Å²) in [5.74, 6) is -0.307. The molecule has 2 aromatic rings. The second-order valence-corrected chi connectivity index (χ2v) is 6.09. The first kappa shape index (κ1) is 13.6. The van der Waals surface area contributed by atoms with E-state index >= 15 is 0 Å². The molecular weight excluding hydrogens is 345 g/mol. The fraction of sp³-hybridized carbons (Fsp3) is 0.462. The number of ether oxygens (including phenoxy) is 1. The zero-order valence-corrected chi connectivity index (χ0v) is 12.9. The van der Waals surface area contributed by atoms with Gasteiger partial charge in [0, 0.05) is 17.2 Å². The number of aromatic nitrogens is 1. The Hall–Kier alpha value is -0.820. The molecule has 1 heterocycles. The largest absolute Gasteiger partial charge is 0.419 e. The van der Waals surface area contributed by atoms with Gasteiger partial charge in [-0.05, 0) is 61.1 Å². The monoisotopic (exact) mass is 361 g/mol. The van der Waals surface area contributed by atoms with Gasteiger partial charge in [0.15, 0.2) is 5.58 Å². The Morgan fingerprint density at radius 1 is 1.44 bits per heavy atom. The molecule has 0 unspecified atom stereocenters. The smallest absolute Gasteiger partial charge is 0.408 e. The summed E-state index contributed by atoms with van der Waals surface area (Å²) in [5, 5.41) is 0. The fourth-order valence-corrected chi connectivity index (χ4v) is 2.20. The SMILES string of the molecule is COC(C)(C)CCn1c(=O)oc2ccc(I)cc21. The molecule has 5 heteroatoms. The van der Waals surface area contributed by atoms with E-state index in [2.05, 4.69) is 22.6 Å². The molecule has 4 nitrogen and oxygen atoms in total. The van der Waals surface area contributed by atoms with Crippen LogP contribution in [0.5, 0.6) is 0 Å². The van der Waals surface area contributed by atoms with Crippen LogP contribution in [-0.4, -0.2) is 17.3 Å². The molecule has 0 fully saturated rings. The molecule has 0 atom stereocenters. The number of rotatable bonds is 4. The minimum atomic E-state index is -0.307. The van der Waals surface area contributed by atoms with Crippen molar-refractivity contribution < 1.29 is 9.15 Å². The molecular formula is C13H16INO3. The predicted octanol–water partition coefficient (Wildman–Crippen LogP) is 3.01. The summed E-state index contributed by atoms with van der Waals surface area (Å²) in [6.07, 6.45) is 0.753. The van der Waals surface area contributed by atoms with E-state index < -0.39 is 0 Å². The predicted molar refractivity (Wildman–Crippen MR) is 78.9 cm³/mol. The molecule has 2 rings (SSSR count). The van der Waals surface area contributed by atoms with E-state index in [1.165, 1.54) is 0 Å². The molecule has 1 aromatic carbocycles. The second-order valence-electron chi connectivity index (χ2n) is 4.85. The summed E-state index contributed by atoms with van der Waals surface area (Å²) in [4.78, 5) is 11.8. The zero-order valence-electron chi connectivity index (χ0n) is 10.7. The highest BCUT2D eigenvalue weighted by Gasteiger charge is 2.18. The lowest BCUT2D eigenvalue weighted by molar-refractivity contribution is 0.0119. The van der Waals surface area contributed by atoms with Gasteiger partial charge < -0.3 is 9.15 Å². The number of aryl methyl sites for hydroxylation is 1. The van der Waals surface area contributed by atoms with Gasteiger partial charge in [-0.3, -0.25) is 4.57 Å². The minimum absolute atomic E-state index is 0.245. The lowest BCUT2D eigenvalue weighted by atomic mass is 10.1. The van der Waals surface area contributed by atoms with Gasteiger partial charge in [-0.15, -0.1) is 0 Å². The average Bonchev–Trinajstić information content (AvgIpc) is 2.62. The Labute approximate surface area is 119 Å². The standard InChI is InChI=1S/C13H16INO3/c1-13(2,17-3)6-7-15-10-8-9(14)4-5-11(10)18-12(15)16/h4-5,8H,6-7H2,1-3H3. The van der Waals surface area contributed by atoms with Crippen LogP contribution >= 0.6 is 22.6 Å². The van der Waals surface area contributed by atoms with E-state index in [0.717, 1.165) is 15.5 Å². The van der Waals surface area contributed by atoms with Crippen LogP contribution in [0.15, 0.2) is 27.4 Å². The second kappa shape index (κ2) is 5.05. The minimum Gasteiger partial charge on any atom is -0.408 e. The Balaban J connectivity index is 2.36. The van der Waals surface area contributed by atoms with Crippen molar-refractivity contribution in [1.82, 2.24) is 4.57 Å². The summed E-state index contributed by atoms with van der Waals surface area (Å²) in [5.41, 5.74) is 1.24. The first-order chi connectivity index (χ1) is 8.43. The van der Waals surface area contributed by atoms with Gasteiger partial charge in [0.05, 0.1) is 11.1 Å². The van der Waals surface area contributed by atoms with E-state index in [4.69, 9.17) is 9.15 Å². The van der Waals surface area contributed by atoms with Crippen LogP contribution in [0.4, 0.5) is 0 Å². The lowest BCUT2D eigenvalue weighted by Gasteiger charge is -2.22. The third-order valence-electron chi connectivity index (χ3n) is 3.12. The van der Waals surface area contributed by atoms with Crippen molar-refractivity contribution in [2.75, 3.05) is 7.11 Å². The molecule has 0 saturated carbocycles. The maximum absolute atomic E-state index is 11.8. The quantitative estimate of drug-likeness (QED) is 0.787. The van der Waals surface area contributed by atoms with Crippen molar-refractivity contribution in [3.05, 3.63) is 32.3 Å². The molecule has 0 aliphatic carbocycles. The van der Waals surface area contributed by atoms with Crippen LogP contribution in [0.3, 0.4) is 0 Å². The third-order valence-corrected chi connectivity index (χ3v) is 3.79. The summed E-state index contributed by atoms with van der Waals surface area (Å²) in [7, 11) is 1.68. The van der Waals surface area contributed by atoms with Gasteiger partial charge >= 0.3 is 5.76 Å². The van der Waals surface area contributed by atoms with Gasteiger partial charge in [0.1, 0.15) is 0 Å². The molecule has 1 aromatic heterocycles. The molecule has 0 aliphatic heterocycles. The number of hydrogen-bond donors (Lipinski definition) is 0. The number of oxazole rings is 1. The topological polar surface area (TPSA) is 44.4 Å². The molecule has 0 N–H and O–H groups in total. The molecule has 98 valence electrons. The summed E-state index contributed by atoms with van der Waals surface area (Å²) in [6.45, 7) is 4.60. The van der Waals surface area contributed by atoms with Gasteiger partial charge in [-0.1, -0.05) is 0 Å². The van der Waals surface area contributed by atoms with Gasteiger partial charge in [-0.2, -0.15) is 0 Å². The normalized spacial score (nSPS) is 12.2. The van der Waals surface area contributed by atoms with Crippen molar-refractivity contribution in [3.8, 4) is 0 Å². The maximum atomic E-state index is 11.8. The molecule has 0 amide bonds. The number of halogens is 1. The number of hydrogen-bond acceptors (Lipinski definition) is 3. The van der Waals surface area contributed by atoms with Crippen LogP contribution in [0, 0.1) is 3.57 Å². The first-order valence-corrected chi connectivity index (χ1v) is 6.85. The van der Waals surface area contributed by atoms with Gasteiger partial charge in [0.25, 0.3) is 0 Å². The van der Waals surface area contributed by atoms with E-state index in [1.807, 2.05) is 32.0 Å². The van der Waals surface area contributed by atoms with Crippen LogP contribution in [0.2, 0.25) is 0 Å². The van der Waals surface area contributed by atoms with Crippen molar-refractivity contribution >= 4 is 33.7 Å². The molecule has 0 radical (unpaired) electrons. The summed E-state index contributed by atoms with van der Waals surface area (Å²) in [6, 6.07) is 5.71. The number of fused-ring (bicyclic) bond motifs is 1. The average molecular weight is 361 g/mol. The maximum Gasteiger partial charge on any atom is 0.419 e. The number of benzene rings is 1. The third kappa shape index (κ3) is 2.77. The van der Waals surface area contributed by atoms with Crippen molar-refractivity contribution in [2.24, 2.45) is 0 Å². The Morgan fingerprint density at radius 3 is 2.83 bits per heavy atom. The van der Waals surface area contributed by atoms with E-state index in [9.17, 15) is 4.79 Å². The van der Waals surface area contributed by atoms with Crippen molar-refractivity contribution in [1.29, 1.82) is 0 Å². The summed E-state index contributed by atoms with van der Waals surface area (Å²) >= 11 is 2.22. The van der Waals surface area contributed by atoms with Crippen LogP contribution in [-0.2, 0) is 11.3 Å². The molecule has 0 aliphatic rings.